The first-order chi connectivity index (χ1) is 11.8. The van der Waals surface area contributed by atoms with Crippen LogP contribution in [0.15, 0.2) is 35.3 Å². The summed E-state index contributed by atoms with van der Waals surface area (Å²) in [6.07, 6.45) is 6.85. The maximum absolute atomic E-state index is 4.42. The van der Waals surface area contributed by atoms with Crippen molar-refractivity contribution in [1.82, 2.24) is 15.5 Å². The smallest absolute Gasteiger partial charge is 0.191 e. The van der Waals surface area contributed by atoms with Crippen molar-refractivity contribution in [3.63, 3.8) is 0 Å². The molecule has 0 radical (unpaired) electrons. The number of aliphatic imine (C=N–C) groups is 1. The normalized spacial score (nSPS) is 24.2. The van der Waals surface area contributed by atoms with Gasteiger partial charge in [0.1, 0.15) is 0 Å². The highest BCUT2D eigenvalue weighted by Crippen LogP contribution is 2.26. The molecular weight excluding hydrogens is 296 g/mol. The van der Waals surface area contributed by atoms with E-state index in [4.69, 9.17) is 0 Å². The Bertz CT molecular complexity index is 522. The minimum Gasteiger partial charge on any atom is -0.356 e. The van der Waals surface area contributed by atoms with E-state index in [1.807, 2.05) is 7.05 Å². The highest BCUT2D eigenvalue weighted by molar-refractivity contribution is 5.80. The zero-order valence-corrected chi connectivity index (χ0v) is 15.2. The lowest BCUT2D eigenvalue weighted by Gasteiger charge is -2.24. The second-order valence-electron chi connectivity index (χ2n) is 7.33. The third-order valence-electron chi connectivity index (χ3n) is 5.57. The van der Waals surface area contributed by atoms with E-state index in [-0.39, 0.29) is 0 Å². The van der Waals surface area contributed by atoms with Crippen LogP contribution in [-0.2, 0) is 0 Å². The maximum Gasteiger partial charge on any atom is 0.191 e. The lowest BCUT2D eigenvalue weighted by Crippen LogP contribution is -2.46. The van der Waals surface area contributed by atoms with Crippen LogP contribution in [0.2, 0.25) is 0 Å². The minimum absolute atomic E-state index is 0.475. The summed E-state index contributed by atoms with van der Waals surface area (Å²) in [5.74, 6) is 1.42. The van der Waals surface area contributed by atoms with Gasteiger partial charge in [-0.1, -0.05) is 50.1 Å². The van der Waals surface area contributed by atoms with Crippen LogP contribution < -0.4 is 10.6 Å². The molecule has 2 unspecified atom stereocenters. The van der Waals surface area contributed by atoms with Crippen molar-refractivity contribution in [3.8, 4) is 0 Å². The number of hydrogen-bond acceptors (Lipinski definition) is 2. The van der Waals surface area contributed by atoms with E-state index < -0.39 is 0 Å². The molecule has 4 nitrogen and oxygen atoms in total. The van der Waals surface area contributed by atoms with Crippen molar-refractivity contribution >= 4 is 5.96 Å². The van der Waals surface area contributed by atoms with Crippen molar-refractivity contribution in [3.05, 3.63) is 35.9 Å². The molecule has 0 amide bonds. The molecule has 0 bridgehead atoms. The largest absolute Gasteiger partial charge is 0.356 e. The van der Waals surface area contributed by atoms with Crippen LogP contribution in [0.5, 0.6) is 0 Å². The first kappa shape index (κ1) is 17.3. The van der Waals surface area contributed by atoms with E-state index >= 15 is 0 Å². The van der Waals surface area contributed by atoms with Crippen LogP contribution in [0.4, 0.5) is 0 Å². The Balaban J connectivity index is 1.44. The van der Waals surface area contributed by atoms with Crippen LogP contribution in [0.3, 0.4) is 0 Å². The molecule has 2 atom stereocenters. The van der Waals surface area contributed by atoms with Gasteiger partial charge in [0.15, 0.2) is 5.96 Å². The lowest BCUT2D eigenvalue weighted by molar-refractivity contribution is 0.242. The summed E-state index contributed by atoms with van der Waals surface area (Å²) in [6, 6.07) is 12.0. The molecule has 132 valence electrons. The first-order valence-corrected chi connectivity index (χ1v) is 9.52. The third-order valence-corrected chi connectivity index (χ3v) is 5.57. The summed E-state index contributed by atoms with van der Waals surface area (Å²) in [4.78, 5) is 7.10. The maximum atomic E-state index is 4.42. The van der Waals surface area contributed by atoms with Crippen molar-refractivity contribution in [2.75, 3.05) is 26.7 Å². The standard InChI is InChI=1S/C20H32N4/c1-16(17-8-4-3-5-9-17)14-22-20(21-2)23-18-12-13-24(15-18)19-10-6-7-11-19/h3-5,8-9,16,18-19H,6-7,10-15H2,1-2H3,(H2,21,22,23). The molecule has 4 heteroatoms. The predicted octanol–water partition coefficient (Wildman–Crippen LogP) is 2.97. The number of benzene rings is 1. The average Bonchev–Trinajstić information content (AvgIpc) is 3.30. The second kappa shape index (κ2) is 8.52. The van der Waals surface area contributed by atoms with Gasteiger partial charge in [-0.3, -0.25) is 9.89 Å². The van der Waals surface area contributed by atoms with Crippen LogP contribution in [0, 0.1) is 0 Å². The van der Waals surface area contributed by atoms with Gasteiger partial charge in [-0.25, -0.2) is 0 Å². The fourth-order valence-electron chi connectivity index (χ4n) is 4.04. The summed E-state index contributed by atoms with van der Waals surface area (Å²) in [6.45, 7) is 5.56. The van der Waals surface area contributed by atoms with Crippen LogP contribution in [0.1, 0.15) is 50.5 Å². The molecule has 1 aliphatic carbocycles. The molecule has 3 rings (SSSR count). The molecule has 2 fully saturated rings. The van der Waals surface area contributed by atoms with Crippen molar-refractivity contribution in [2.24, 2.45) is 4.99 Å². The number of hydrogen-bond donors (Lipinski definition) is 2. The highest BCUT2D eigenvalue weighted by Gasteiger charge is 2.30. The minimum atomic E-state index is 0.475. The number of rotatable bonds is 5. The fourth-order valence-corrected chi connectivity index (χ4v) is 4.04. The molecule has 0 aromatic heterocycles. The van der Waals surface area contributed by atoms with Gasteiger partial charge >= 0.3 is 0 Å². The Labute approximate surface area is 146 Å². The summed E-state index contributed by atoms with van der Waals surface area (Å²) in [7, 11) is 1.87. The molecule has 24 heavy (non-hydrogen) atoms. The topological polar surface area (TPSA) is 39.7 Å². The predicted molar refractivity (Wildman–Crippen MR) is 102 cm³/mol. The number of nitrogens with one attached hydrogen (secondary N) is 2. The zero-order chi connectivity index (χ0) is 16.8. The molecule has 0 spiro atoms. The van der Waals surface area contributed by atoms with Gasteiger partial charge in [0.2, 0.25) is 0 Å². The van der Waals surface area contributed by atoms with E-state index in [1.165, 1.54) is 50.8 Å². The fraction of sp³-hybridized carbons (Fsp3) is 0.650. The third kappa shape index (κ3) is 4.50. The Hall–Kier alpha value is -1.55. The van der Waals surface area contributed by atoms with E-state index in [1.54, 1.807) is 0 Å². The van der Waals surface area contributed by atoms with Gasteiger partial charge in [-0.05, 0) is 30.7 Å². The Morgan fingerprint density at radius 1 is 1.21 bits per heavy atom. The average molecular weight is 329 g/mol. The van der Waals surface area contributed by atoms with Crippen molar-refractivity contribution in [2.45, 2.75) is 57.0 Å². The summed E-state index contributed by atoms with van der Waals surface area (Å²) < 4.78 is 0. The molecule has 1 aliphatic heterocycles. The van der Waals surface area contributed by atoms with Crippen molar-refractivity contribution in [1.29, 1.82) is 0 Å². The van der Waals surface area contributed by atoms with E-state index in [2.05, 4.69) is 57.8 Å². The van der Waals surface area contributed by atoms with Gasteiger partial charge < -0.3 is 10.6 Å². The summed E-state index contributed by atoms with van der Waals surface area (Å²) >= 11 is 0. The Morgan fingerprint density at radius 2 is 1.96 bits per heavy atom. The SMILES string of the molecule is CN=C(NCC(C)c1ccccc1)NC1CCN(C2CCCC2)C1. The number of guanidine groups is 1. The summed E-state index contributed by atoms with van der Waals surface area (Å²) in [5.41, 5.74) is 1.37. The van der Waals surface area contributed by atoms with Gasteiger partial charge in [-0.15, -0.1) is 0 Å². The highest BCUT2D eigenvalue weighted by atomic mass is 15.3. The first-order valence-electron chi connectivity index (χ1n) is 9.52. The molecule has 2 N–H and O–H groups in total. The molecule has 1 aromatic rings. The van der Waals surface area contributed by atoms with E-state index in [0.717, 1.165) is 18.5 Å². The molecule has 2 aliphatic rings. The number of nitrogens with zero attached hydrogens (tertiary/aromatic N) is 2. The van der Waals surface area contributed by atoms with Gasteiger partial charge in [0.05, 0.1) is 0 Å². The quantitative estimate of drug-likeness (QED) is 0.645. The van der Waals surface area contributed by atoms with Crippen LogP contribution >= 0.6 is 0 Å². The Morgan fingerprint density at radius 3 is 2.67 bits per heavy atom. The molecule has 1 saturated heterocycles. The zero-order valence-electron chi connectivity index (χ0n) is 15.2. The molecule has 1 saturated carbocycles. The van der Waals surface area contributed by atoms with E-state index in [9.17, 15) is 0 Å². The van der Waals surface area contributed by atoms with E-state index in [0.29, 0.717) is 12.0 Å². The lowest BCUT2D eigenvalue weighted by atomic mass is 10.0. The van der Waals surface area contributed by atoms with Gasteiger partial charge in [0.25, 0.3) is 0 Å². The van der Waals surface area contributed by atoms with Crippen LogP contribution in [-0.4, -0.2) is 49.6 Å². The second-order valence-corrected chi connectivity index (χ2v) is 7.33. The molecular formula is C20H32N4. The van der Waals surface area contributed by atoms with Crippen molar-refractivity contribution < 1.29 is 0 Å². The monoisotopic (exact) mass is 328 g/mol. The molecule has 1 heterocycles. The van der Waals surface area contributed by atoms with Crippen LogP contribution in [0.25, 0.3) is 0 Å². The van der Waals surface area contributed by atoms with Gasteiger partial charge in [0, 0.05) is 38.8 Å². The number of likely N-dealkylation sites (tertiary alicyclic amines) is 1. The molecule has 1 aromatic carbocycles. The van der Waals surface area contributed by atoms with Gasteiger partial charge in [-0.2, -0.15) is 0 Å². The Kier molecular flexibility index (Phi) is 6.13. The summed E-state index contributed by atoms with van der Waals surface area (Å²) in [5, 5.41) is 7.12.